The Morgan fingerprint density at radius 3 is 2.14 bits per heavy atom. The number of hydrogen-bond acceptors (Lipinski definition) is 1. The van der Waals surface area contributed by atoms with E-state index in [0.717, 1.165) is 11.8 Å². The third kappa shape index (κ3) is 0.609. The van der Waals surface area contributed by atoms with E-state index in [1.165, 1.54) is 19.5 Å². The number of rotatable bonds is 0. The van der Waals surface area contributed by atoms with E-state index in [-0.39, 0.29) is 0 Å². The van der Waals surface area contributed by atoms with Crippen LogP contribution in [0.4, 0.5) is 0 Å². The summed E-state index contributed by atoms with van der Waals surface area (Å²) >= 11 is 3.44. The highest BCUT2D eigenvalue weighted by Gasteiger charge is 2.44. The molecule has 0 aromatic rings. The molecule has 0 radical (unpaired) electrons. The molecule has 2 rings (SSSR count). The molecule has 2 unspecified atom stereocenters. The molecule has 2 fully saturated rings. The first kappa shape index (κ1) is 4.33. The second kappa shape index (κ2) is 1.23. The van der Waals surface area contributed by atoms with E-state index in [0.29, 0.717) is 0 Å². The van der Waals surface area contributed by atoms with E-state index in [1.54, 1.807) is 0 Å². The third-order valence-electron chi connectivity index (χ3n) is 1.93. The van der Waals surface area contributed by atoms with Gasteiger partial charge < -0.3 is 0 Å². The van der Waals surface area contributed by atoms with Crippen molar-refractivity contribution >= 4 is 16.1 Å². The van der Waals surface area contributed by atoms with Crippen LogP contribution in [0.1, 0.15) is 6.42 Å². The lowest BCUT2D eigenvalue weighted by Crippen LogP contribution is -2.08. The molecule has 1 saturated carbocycles. The van der Waals surface area contributed by atoms with Crippen molar-refractivity contribution in [2.24, 2.45) is 11.8 Å². The highest BCUT2D eigenvalue weighted by molar-refractivity contribution is 9.07. The molecule has 1 aliphatic carbocycles. The van der Waals surface area contributed by atoms with Crippen LogP contribution in [0.15, 0.2) is 0 Å². The van der Waals surface area contributed by atoms with Crippen LogP contribution in [0.5, 0.6) is 0 Å². The highest BCUT2D eigenvalue weighted by Crippen LogP contribution is 2.45. The maximum absolute atomic E-state index is 3.44. The fourth-order valence-corrected chi connectivity index (χ4v) is 2.08. The zero-order valence-corrected chi connectivity index (χ0v) is 5.69. The van der Waals surface area contributed by atoms with Gasteiger partial charge in [-0.1, -0.05) is 0 Å². The molecule has 0 amide bonds. The smallest absolute Gasteiger partial charge is 0.0124 e. The minimum atomic E-state index is 1.07. The minimum absolute atomic E-state index is 1.07. The quantitative estimate of drug-likeness (QED) is 0.484. The Kier molecular flexibility index (Phi) is 0.762. The lowest BCUT2D eigenvalue weighted by molar-refractivity contribution is 0.535. The van der Waals surface area contributed by atoms with E-state index in [2.05, 4.69) is 20.1 Å². The van der Waals surface area contributed by atoms with Gasteiger partial charge in [0, 0.05) is 29.2 Å². The molecule has 2 atom stereocenters. The second-order valence-corrected chi connectivity index (χ2v) is 3.59. The first-order valence-corrected chi connectivity index (χ1v) is 3.48. The van der Waals surface area contributed by atoms with Crippen LogP contribution in [-0.4, -0.2) is 17.0 Å². The summed E-state index contributed by atoms with van der Waals surface area (Å²) < 4.78 is 2.24. The topological polar surface area (TPSA) is 3.24 Å². The van der Waals surface area contributed by atoms with Gasteiger partial charge in [-0.2, -0.15) is 0 Å². The molecule has 1 heterocycles. The lowest BCUT2D eigenvalue weighted by atomic mass is 10.4. The zero-order valence-electron chi connectivity index (χ0n) is 4.10. The van der Waals surface area contributed by atoms with Crippen LogP contribution in [0, 0.1) is 11.8 Å². The standard InChI is InChI=1S/C5H8BrN/c6-7-2-4-1-5(4)3-7/h4-5H,1-3H2. The number of nitrogens with zero attached hydrogens (tertiary/aromatic N) is 1. The predicted octanol–water partition coefficient (Wildman–Crippen LogP) is 1.25. The largest absolute Gasteiger partial charge is 0.242 e. The Labute approximate surface area is 52.0 Å². The second-order valence-electron chi connectivity index (χ2n) is 2.58. The van der Waals surface area contributed by atoms with Crippen molar-refractivity contribution in [3.8, 4) is 0 Å². The van der Waals surface area contributed by atoms with Gasteiger partial charge in [-0.05, 0) is 18.3 Å². The molecule has 0 N–H and O–H groups in total. The summed E-state index contributed by atoms with van der Waals surface area (Å²) in [5, 5.41) is 0. The molecule has 0 aromatic heterocycles. The molecule has 0 bridgehead atoms. The van der Waals surface area contributed by atoms with E-state index in [4.69, 9.17) is 0 Å². The van der Waals surface area contributed by atoms with Gasteiger partial charge in [-0.25, -0.2) is 3.93 Å². The van der Waals surface area contributed by atoms with Crippen molar-refractivity contribution in [1.29, 1.82) is 0 Å². The van der Waals surface area contributed by atoms with Crippen molar-refractivity contribution in [3.05, 3.63) is 0 Å². The Balaban J connectivity index is 2.02. The average molecular weight is 162 g/mol. The van der Waals surface area contributed by atoms with Gasteiger partial charge in [-0.15, -0.1) is 0 Å². The summed E-state index contributed by atoms with van der Waals surface area (Å²) in [6.07, 6.45) is 1.50. The minimum Gasteiger partial charge on any atom is -0.242 e. The van der Waals surface area contributed by atoms with Crippen LogP contribution >= 0.6 is 16.1 Å². The number of fused-ring (bicyclic) bond motifs is 1. The van der Waals surface area contributed by atoms with Crippen LogP contribution < -0.4 is 0 Å². The van der Waals surface area contributed by atoms with Gasteiger partial charge in [0.1, 0.15) is 0 Å². The maximum atomic E-state index is 3.44. The van der Waals surface area contributed by atoms with Crippen molar-refractivity contribution in [3.63, 3.8) is 0 Å². The Hall–Kier alpha value is 0.440. The van der Waals surface area contributed by atoms with Crippen LogP contribution in [0.3, 0.4) is 0 Å². The normalized spacial score (nSPS) is 49.3. The SMILES string of the molecule is BrN1CC2CC2C1. The Morgan fingerprint density at radius 2 is 1.86 bits per heavy atom. The molecule has 0 spiro atoms. The maximum Gasteiger partial charge on any atom is 0.0124 e. The summed E-state index contributed by atoms with van der Waals surface area (Å²) in [6.45, 7) is 2.59. The van der Waals surface area contributed by atoms with Gasteiger partial charge in [0.25, 0.3) is 0 Å². The zero-order chi connectivity index (χ0) is 4.85. The lowest BCUT2D eigenvalue weighted by Gasteiger charge is -2.03. The van der Waals surface area contributed by atoms with Crippen molar-refractivity contribution in [2.75, 3.05) is 13.1 Å². The molecule has 2 heteroatoms. The Bertz CT molecular complexity index is 84.1. The van der Waals surface area contributed by atoms with Crippen molar-refractivity contribution in [1.82, 2.24) is 3.93 Å². The molecular formula is C5H8BrN. The van der Waals surface area contributed by atoms with E-state index >= 15 is 0 Å². The summed E-state index contributed by atoms with van der Waals surface area (Å²) in [7, 11) is 0. The molecular weight excluding hydrogens is 154 g/mol. The summed E-state index contributed by atoms with van der Waals surface area (Å²) in [5.74, 6) is 2.14. The Morgan fingerprint density at radius 1 is 1.29 bits per heavy atom. The van der Waals surface area contributed by atoms with Gasteiger partial charge in [0.2, 0.25) is 0 Å². The monoisotopic (exact) mass is 161 g/mol. The fourth-order valence-electron chi connectivity index (χ4n) is 1.34. The number of hydrogen-bond donors (Lipinski definition) is 0. The fraction of sp³-hybridized carbons (Fsp3) is 1.00. The summed E-state index contributed by atoms with van der Waals surface area (Å²) in [4.78, 5) is 0. The predicted molar refractivity (Wildman–Crippen MR) is 32.1 cm³/mol. The van der Waals surface area contributed by atoms with Crippen molar-refractivity contribution in [2.45, 2.75) is 6.42 Å². The average Bonchev–Trinajstić information content (AvgIpc) is 2.15. The van der Waals surface area contributed by atoms with Crippen LogP contribution in [0.2, 0.25) is 0 Å². The van der Waals surface area contributed by atoms with Crippen molar-refractivity contribution < 1.29 is 0 Å². The molecule has 1 saturated heterocycles. The van der Waals surface area contributed by atoms with Crippen LogP contribution in [-0.2, 0) is 0 Å². The first-order valence-electron chi connectivity index (χ1n) is 2.77. The van der Waals surface area contributed by atoms with Gasteiger partial charge >= 0.3 is 0 Å². The van der Waals surface area contributed by atoms with E-state index < -0.39 is 0 Å². The molecule has 40 valence electrons. The summed E-state index contributed by atoms with van der Waals surface area (Å²) in [5.41, 5.74) is 0. The van der Waals surface area contributed by atoms with Gasteiger partial charge in [0.15, 0.2) is 0 Å². The summed E-state index contributed by atoms with van der Waals surface area (Å²) in [6, 6.07) is 0. The van der Waals surface area contributed by atoms with Gasteiger partial charge in [0.05, 0.1) is 0 Å². The highest BCUT2D eigenvalue weighted by atomic mass is 79.9. The number of piperidine rings is 1. The number of halogens is 1. The van der Waals surface area contributed by atoms with Gasteiger partial charge in [-0.3, -0.25) is 0 Å². The molecule has 7 heavy (non-hydrogen) atoms. The molecule has 2 aliphatic rings. The molecule has 0 aromatic carbocycles. The third-order valence-corrected chi connectivity index (χ3v) is 2.51. The first-order chi connectivity index (χ1) is 3.36. The van der Waals surface area contributed by atoms with E-state index in [1.807, 2.05) is 0 Å². The molecule has 1 nitrogen and oxygen atoms in total. The molecule has 1 aliphatic heterocycles. The van der Waals surface area contributed by atoms with Crippen LogP contribution in [0.25, 0.3) is 0 Å². The van der Waals surface area contributed by atoms with E-state index in [9.17, 15) is 0 Å².